The lowest BCUT2D eigenvalue weighted by Crippen LogP contribution is -2.42. The Bertz CT molecular complexity index is 896. The first-order valence-electron chi connectivity index (χ1n) is 8.45. The Balaban J connectivity index is 1.51. The molecule has 8 heteroatoms. The summed E-state index contributed by atoms with van der Waals surface area (Å²) in [5.41, 5.74) is 2.71. The van der Waals surface area contributed by atoms with Crippen LogP contribution in [-0.4, -0.2) is 37.8 Å². The highest BCUT2D eigenvalue weighted by molar-refractivity contribution is 6.29. The second kappa shape index (κ2) is 7.21. The van der Waals surface area contributed by atoms with Crippen LogP contribution >= 0.6 is 11.6 Å². The van der Waals surface area contributed by atoms with Gasteiger partial charge in [-0.1, -0.05) is 17.7 Å². The molecule has 0 unspecified atom stereocenters. The van der Waals surface area contributed by atoms with Gasteiger partial charge in [-0.05, 0) is 37.0 Å². The average molecular weight is 369 g/mol. The van der Waals surface area contributed by atoms with Gasteiger partial charge in [-0.3, -0.25) is 14.8 Å². The maximum absolute atomic E-state index is 12.9. The lowest BCUT2D eigenvalue weighted by molar-refractivity contribution is -0.123. The summed E-state index contributed by atoms with van der Waals surface area (Å²) in [6.45, 7) is 0.674. The third-order valence-corrected chi connectivity index (χ3v) is 4.78. The standard InChI is InChI=1S/C18H17ClN6O/c19-16-4-3-12(10-20-16)8-13-2-1-7-25(18(13)26)17-9-15(23-24-17)14-5-6-21-22-11-14/h3-6,9-11,13H,1-2,7-8H2,(H,23,24)/t13-/m0/s1. The number of piperidine rings is 1. The van der Waals surface area contributed by atoms with Crippen molar-refractivity contribution in [3.63, 3.8) is 0 Å². The van der Waals surface area contributed by atoms with Gasteiger partial charge in [0.25, 0.3) is 0 Å². The van der Waals surface area contributed by atoms with Crippen LogP contribution < -0.4 is 4.90 Å². The Kier molecular flexibility index (Phi) is 4.62. The summed E-state index contributed by atoms with van der Waals surface area (Å²) in [6, 6.07) is 7.40. The summed E-state index contributed by atoms with van der Waals surface area (Å²) >= 11 is 5.83. The molecule has 26 heavy (non-hydrogen) atoms. The number of halogens is 1. The van der Waals surface area contributed by atoms with Crippen LogP contribution in [0.25, 0.3) is 11.3 Å². The normalized spacial score (nSPS) is 17.5. The van der Waals surface area contributed by atoms with Gasteiger partial charge in [-0.2, -0.15) is 15.3 Å². The van der Waals surface area contributed by atoms with Crippen molar-refractivity contribution in [3.8, 4) is 11.3 Å². The smallest absolute Gasteiger partial charge is 0.231 e. The molecule has 3 aromatic heterocycles. The Morgan fingerprint density at radius 1 is 1.23 bits per heavy atom. The van der Waals surface area contributed by atoms with Crippen molar-refractivity contribution in [2.24, 2.45) is 5.92 Å². The van der Waals surface area contributed by atoms with E-state index in [1.807, 2.05) is 18.2 Å². The van der Waals surface area contributed by atoms with Gasteiger partial charge in [0, 0.05) is 30.3 Å². The van der Waals surface area contributed by atoms with E-state index < -0.39 is 0 Å². The molecule has 0 radical (unpaired) electrons. The van der Waals surface area contributed by atoms with E-state index in [0.717, 1.165) is 29.7 Å². The fourth-order valence-corrected chi connectivity index (χ4v) is 3.34. The van der Waals surface area contributed by atoms with Crippen LogP contribution in [-0.2, 0) is 11.2 Å². The summed E-state index contributed by atoms with van der Waals surface area (Å²) in [7, 11) is 0. The molecular formula is C18H17ClN6O. The van der Waals surface area contributed by atoms with Crippen LogP contribution in [0.3, 0.4) is 0 Å². The van der Waals surface area contributed by atoms with Crippen LogP contribution in [0.5, 0.6) is 0 Å². The third kappa shape index (κ3) is 3.43. The van der Waals surface area contributed by atoms with Crippen molar-refractivity contribution >= 4 is 23.3 Å². The van der Waals surface area contributed by atoms with Gasteiger partial charge >= 0.3 is 0 Å². The van der Waals surface area contributed by atoms with Crippen molar-refractivity contribution < 1.29 is 4.79 Å². The topological polar surface area (TPSA) is 87.7 Å². The molecule has 4 heterocycles. The number of pyridine rings is 1. The number of amides is 1. The zero-order chi connectivity index (χ0) is 17.9. The van der Waals surface area contributed by atoms with E-state index in [1.54, 1.807) is 29.6 Å². The molecule has 0 aliphatic carbocycles. The van der Waals surface area contributed by atoms with E-state index in [9.17, 15) is 4.79 Å². The maximum Gasteiger partial charge on any atom is 0.231 e. The molecule has 7 nitrogen and oxygen atoms in total. The quantitative estimate of drug-likeness (QED) is 0.715. The Morgan fingerprint density at radius 3 is 2.92 bits per heavy atom. The van der Waals surface area contributed by atoms with Crippen LogP contribution in [0.2, 0.25) is 5.15 Å². The summed E-state index contributed by atoms with van der Waals surface area (Å²) in [5, 5.41) is 15.4. The lowest BCUT2D eigenvalue weighted by atomic mass is 9.91. The number of hydrogen-bond donors (Lipinski definition) is 1. The van der Waals surface area contributed by atoms with Gasteiger partial charge in [0.15, 0.2) is 5.82 Å². The van der Waals surface area contributed by atoms with Crippen LogP contribution in [0.15, 0.2) is 42.9 Å². The molecule has 1 N–H and O–H groups in total. The molecular weight excluding hydrogens is 352 g/mol. The predicted molar refractivity (Wildman–Crippen MR) is 97.6 cm³/mol. The zero-order valence-corrected chi connectivity index (χ0v) is 14.7. The number of hydrogen-bond acceptors (Lipinski definition) is 5. The Morgan fingerprint density at radius 2 is 2.15 bits per heavy atom. The molecule has 1 aliphatic heterocycles. The molecule has 132 valence electrons. The monoisotopic (exact) mass is 368 g/mol. The molecule has 1 amide bonds. The molecule has 0 spiro atoms. The predicted octanol–water partition coefficient (Wildman–Crippen LogP) is 2.90. The van der Waals surface area contributed by atoms with Crippen LogP contribution in [0.4, 0.5) is 5.82 Å². The van der Waals surface area contributed by atoms with E-state index >= 15 is 0 Å². The Labute approximate surface area is 155 Å². The molecule has 0 saturated carbocycles. The molecule has 1 atom stereocenters. The third-order valence-electron chi connectivity index (χ3n) is 4.56. The number of aromatic nitrogens is 5. The first-order valence-corrected chi connectivity index (χ1v) is 8.83. The van der Waals surface area contributed by atoms with Crippen molar-refractivity contribution in [3.05, 3.63) is 53.6 Å². The van der Waals surface area contributed by atoms with Gasteiger partial charge in [-0.25, -0.2) is 4.98 Å². The van der Waals surface area contributed by atoms with Crippen molar-refractivity contribution in [1.82, 2.24) is 25.4 Å². The maximum atomic E-state index is 12.9. The SMILES string of the molecule is O=C1[C@H](Cc2ccc(Cl)nc2)CCCN1c1cc(-c2ccnnc2)[nH]n1. The molecule has 1 saturated heterocycles. The van der Waals surface area contributed by atoms with E-state index in [2.05, 4.69) is 25.4 Å². The highest BCUT2D eigenvalue weighted by Crippen LogP contribution is 2.28. The number of carbonyl (C=O) groups excluding carboxylic acids is 1. The van der Waals surface area contributed by atoms with E-state index in [4.69, 9.17) is 11.6 Å². The van der Waals surface area contributed by atoms with E-state index in [1.165, 1.54) is 0 Å². The van der Waals surface area contributed by atoms with Crippen LogP contribution in [0, 0.1) is 5.92 Å². The van der Waals surface area contributed by atoms with Crippen LogP contribution in [0.1, 0.15) is 18.4 Å². The molecule has 3 aromatic rings. The number of rotatable bonds is 4. The number of carbonyl (C=O) groups is 1. The molecule has 1 aliphatic rings. The summed E-state index contributed by atoms with van der Waals surface area (Å²) in [4.78, 5) is 18.8. The first-order chi connectivity index (χ1) is 12.7. The second-order valence-electron chi connectivity index (χ2n) is 6.29. The largest absolute Gasteiger partial charge is 0.295 e. The number of nitrogens with one attached hydrogen (secondary N) is 1. The van der Waals surface area contributed by atoms with E-state index in [0.29, 0.717) is 23.9 Å². The zero-order valence-electron chi connectivity index (χ0n) is 14.0. The minimum atomic E-state index is -0.0746. The number of H-pyrrole nitrogens is 1. The first kappa shape index (κ1) is 16.7. The molecule has 1 fully saturated rings. The summed E-state index contributed by atoms with van der Waals surface area (Å²) < 4.78 is 0. The fourth-order valence-electron chi connectivity index (χ4n) is 3.23. The minimum absolute atomic E-state index is 0.0746. The average Bonchev–Trinajstić information content (AvgIpc) is 3.16. The Hall–Kier alpha value is -2.80. The fraction of sp³-hybridized carbons (Fsp3) is 0.278. The number of nitrogens with zero attached hydrogens (tertiary/aromatic N) is 5. The lowest BCUT2D eigenvalue weighted by Gasteiger charge is -2.30. The number of aromatic amines is 1. The number of anilines is 1. The van der Waals surface area contributed by atoms with E-state index in [-0.39, 0.29) is 11.8 Å². The van der Waals surface area contributed by atoms with Gasteiger partial charge < -0.3 is 0 Å². The highest BCUT2D eigenvalue weighted by Gasteiger charge is 2.31. The second-order valence-corrected chi connectivity index (χ2v) is 6.68. The van der Waals surface area contributed by atoms with Gasteiger partial charge in [0.1, 0.15) is 5.15 Å². The van der Waals surface area contributed by atoms with Gasteiger partial charge in [-0.15, -0.1) is 0 Å². The van der Waals surface area contributed by atoms with Gasteiger partial charge in [0.2, 0.25) is 5.91 Å². The molecule has 0 aromatic carbocycles. The highest BCUT2D eigenvalue weighted by atomic mass is 35.5. The van der Waals surface area contributed by atoms with Crippen molar-refractivity contribution in [1.29, 1.82) is 0 Å². The summed E-state index contributed by atoms with van der Waals surface area (Å²) in [5.74, 6) is 0.660. The summed E-state index contributed by atoms with van der Waals surface area (Å²) in [6.07, 6.45) is 7.48. The molecule has 4 rings (SSSR count). The molecule has 0 bridgehead atoms. The van der Waals surface area contributed by atoms with Gasteiger partial charge in [0.05, 0.1) is 18.1 Å². The van der Waals surface area contributed by atoms with Crippen molar-refractivity contribution in [2.45, 2.75) is 19.3 Å². The van der Waals surface area contributed by atoms with Crippen molar-refractivity contribution in [2.75, 3.05) is 11.4 Å². The minimum Gasteiger partial charge on any atom is -0.295 e.